The van der Waals surface area contributed by atoms with E-state index in [1.165, 1.54) is 0 Å². The Morgan fingerprint density at radius 2 is 1.08 bits per heavy atom. The number of carbonyl (C=O) groups is 2. The van der Waals surface area contributed by atoms with Crippen molar-refractivity contribution >= 4 is 11.8 Å². The van der Waals surface area contributed by atoms with Crippen LogP contribution in [0.1, 0.15) is 44.9 Å². The van der Waals surface area contributed by atoms with Gasteiger partial charge in [0.05, 0.1) is 12.1 Å². The van der Waals surface area contributed by atoms with Gasteiger partial charge in [-0.3, -0.25) is 19.4 Å². The maximum atomic E-state index is 12.5. The van der Waals surface area contributed by atoms with E-state index in [1.807, 2.05) is 0 Å². The first-order chi connectivity index (χ1) is 12.8. The van der Waals surface area contributed by atoms with Crippen molar-refractivity contribution in [2.75, 3.05) is 52.4 Å². The lowest BCUT2D eigenvalue weighted by molar-refractivity contribution is -0.125. The highest BCUT2D eigenvalue weighted by Crippen LogP contribution is 2.20. The van der Waals surface area contributed by atoms with E-state index in [-0.39, 0.29) is 23.9 Å². The van der Waals surface area contributed by atoms with Crippen LogP contribution in [-0.4, -0.2) is 86.1 Å². The van der Waals surface area contributed by atoms with Gasteiger partial charge in [0.1, 0.15) is 0 Å². The van der Waals surface area contributed by atoms with Gasteiger partial charge in [0.25, 0.3) is 0 Å². The van der Waals surface area contributed by atoms with Crippen molar-refractivity contribution in [3.63, 3.8) is 0 Å². The monoisotopic (exact) mass is 365 g/mol. The van der Waals surface area contributed by atoms with E-state index in [0.29, 0.717) is 0 Å². The molecular formula is C19H35N5O2. The summed E-state index contributed by atoms with van der Waals surface area (Å²) in [6.07, 6.45) is 7.07. The van der Waals surface area contributed by atoms with Gasteiger partial charge in [-0.25, -0.2) is 0 Å². The molecule has 3 rings (SSSR count). The highest BCUT2D eigenvalue weighted by atomic mass is 16.2. The molecule has 0 aliphatic carbocycles. The van der Waals surface area contributed by atoms with Crippen LogP contribution in [0.3, 0.4) is 0 Å². The Bertz CT molecular complexity index is 433. The molecule has 3 fully saturated rings. The number of rotatable bonds is 0. The average Bonchev–Trinajstić information content (AvgIpc) is 3.28. The van der Waals surface area contributed by atoms with Gasteiger partial charge in [-0.2, -0.15) is 0 Å². The summed E-state index contributed by atoms with van der Waals surface area (Å²) >= 11 is 0. The SMILES string of the molecule is O=C1NCCCNCCCNC(=O)[C@@H]2CCCN2CCCN2CCC[C@@H]12. The molecule has 0 unspecified atom stereocenters. The van der Waals surface area contributed by atoms with Crippen molar-refractivity contribution in [3.05, 3.63) is 0 Å². The van der Waals surface area contributed by atoms with E-state index in [4.69, 9.17) is 0 Å². The molecule has 0 aromatic carbocycles. The minimum atomic E-state index is 0.0412. The van der Waals surface area contributed by atoms with Crippen LogP contribution in [0.2, 0.25) is 0 Å². The summed E-state index contributed by atoms with van der Waals surface area (Å²) in [5.41, 5.74) is 0. The van der Waals surface area contributed by atoms with Crippen molar-refractivity contribution in [2.24, 2.45) is 0 Å². The van der Waals surface area contributed by atoms with Gasteiger partial charge in [0.15, 0.2) is 0 Å². The molecule has 3 aliphatic rings. The number of fused-ring (bicyclic) bond motifs is 2. The van der Waals surface area contributed by atoms with Crippen molar-refractivity contribution in [1.29, 1.82) is 0 Å². The molecule has 3 saturated heterocycles. The van der Waals surface area contributed by atoms with E-state index >= 15 is 0 Å². The lowest BCUT2D eigenvalue weighted by Crippen LogP contribution is -2.46. The largest absolute Gasteiger partial charge is 0.355 e. The fourth-order valence-corrected chi connectivity index (χ4v) is 4.47. The maximum Gasteiger partial charge on any atom is 0.237 e. The fourth-order valence-electron chi connectivity index (χ4n) is 4.47. The van der Waals surface area contributed by atoms with Crippen LogP contribution in [0.5, 0.6) is 0 Å². The molecule has 148 valence electrons. The van der Waals surface area contributed by atoms with Crippen molar-refractivity contribution in [2.45, 2.75) is 57.0 Å². The van der Waals surface area contributed by atoms with Crippen LogP contribution in [0.15, 0.2) is 0 Å². The van der Waals surface area contributed by atoms with Crippen LogP contribution in [-0.2, 0) is 9.59 Å². The smallest absolute Gasteiger partial charge is 0.237 e. The Morgan fingerprint density at radius 3 is 1.58 bits per heavy atom. The third-order valence-electron chi connectivity index (χ3n) is 5.88. The topological polar surface area (TPSA) is 76.7 Å². The standard InChI is InChI=1S/C19H35N5O2/c25-18-16-6-1-12-23(16)14-5-15-24-13-2-7-17(24)19(26)22-11-4-9-20-8-3-10-21-18/h16-17,20H,1-15H2,(H,21,25)(H,22,26)/t16-,17-/m0/s1. The Morgan fingerprint density at radius 1 is 0.615 bits per heavy atom. The molecular weight excluding hydrogens is 330 g/mol. The maximum absolute atomic E-state index is 12.5. The molecule has 0 saturated carbocycles. The highest BCUT2D eigenvalue weighted by molar-refractivity contribution is 5.82. The van der Waals surface area contributed by atoms with Gasteiger partial charge in [-0.05, 0) is 71.1 Å². The highest BCUT2D eigenvalue weighted by Gasteiger charge is 2.32. The predicted octanol–water partition coefficient (Wildman–Crippen LogP) is -0.0789. The second-order valence-corrected chi connectivity index (χ2v) is 7.78. The fraction of sp³-hybridized carbons (Fsp3) is 0.895. The van der Waals surface area contributed by atoms with E-state index in [9.17, 15) is 9.59 Å². The lowest BCUT2D eigenvalue weighted by atomic mass is 10.2. The molecule has 0 aromatic rings. The Hall–Kier alpha value is -1.18. The van der Waals surface area contributed by atoms with Crippen LogP contribution in [0.25, 0.3) is 0 Å². The number of hydrogen-bond acceptors (Lipinski definition) is 5. The van der Waals surface area contributed by atoms with Crippen molar-refractivity contribution < 1.29 is 9.59 Å². The first-order valence-electron chi connectivity index (χ1n) is 10.5. The summed E-state index contributed by atoms with van der Waals surface area (Å²) in [7, 11) is 0. The molecule has 2 atom stereocenters. The minimum Gasteiger partial charge on any atom is -0.355 e. The number of carbonyl (C=O) groups excluding carboxylic acids is 2. The first-order valence-corrected chi connectivity index (χ1v) is 10.5. The number of amides is 2. The number of nitrogens with one attached hydrogen (secondary N) is 3. The van der Waals surface area contributed by atoms with E-state index < -0.39 is 0 Å². The number of nitrogens with zero attached hydrogens (tertiary/aromatic N) is 2. The number of hydrogen-bond donors (Lipinski definition) is 3. The zero-order chi connectivity index (χ0) is 18.2. The molecule has 0 bridgehead atoms. The van der Waals surface area contributed by atoms with Gasteiger partial charge < -0.3 is 16.0 Å². The summed E-state index contributed by atoms with van der Waals surface area (Å²) in [6.45, 7) is 7.21. The van der Waals surface area contributed by atoms with Gasteiger partial charge >= 0.3 is 0 Å². The summed E-state index contributed by atoms with van der Waals surface area (Å²) in [5, 5.41) is 9.61. The predicted molar refractivity (Wildman–Crippen MR) is 102 cm³/mol. The van der Waals surface area contributed by atoms with Crippen LogP contribution in [0, 0.1) is 0 Å². The second kappa shape index (κ2) is 10.2. The molecule has 7 nitrogen and oxygen atoms in total. The van der Waals surface area contributed by atoms with Crippen LogP contribution in [0.4, 0.5) is 0 Å². The van der Waals surface area contributed by atoms with Gasteiger partial charge in [0.2, 0.25) is 11.8 Å². The zero-order valence-corrected chi connectivity index (χ0v) is 16.0. The van der Waals surface area contributed by atoms with Crippen LogP contribution >= 0.6 is 0 Å². The summed E-state index contributed by atoms with van der Waals surface area (Å²) in [4.78, 5) is 29.6. The average molecular weight is 366 g/mol. The summed E-state index contributed by atoms with van der Waals surface area (Å²) in [6, 6.07) is 0.0824. The Kier molecular flexibility index (Phi) is 7.70. The molecule has 3 aliphatic heterocycles. The molecule has 0 aromatic heterocycles. The third-order valence-corrected chi connectivity index (χ3v) is 5.88. The molecule has 0 radical (unpaired) electrons. The summed E-state index contributed by atoms with van der Waals surface area (Å²) < 4.78 is 0. The minimum absolute atomic E-state index is 0.0412. The molecule has 7 heteroatoms. The van der Waals surface area contributed by atoms with Crippen LogP contribution < -0.4 is 16.0 Å². The van der Waals surface area contributed by atoms with E-state index in [0.717, 1.165) is 97.3 Å². The normalized spacial score (nSPS) is 31.4. The van der Waals surface area contributed by atoms with Gasteiger partial charge in [-0.1, -0.05) is 0 Å². The quantitative estimate of drug-likeness (QED) is 0.560. The first kappa shape index (κ1) is 19.6. The Labute approximate surface area is 157 Å². The van der Waals surface area contributed by atoms with Crippen molar-refractivity contribution in [3.8, 4) is 0 Å². The molecule has 2 amide bonds. The van der Waals surface area contributed by atoms with Crippen molar-refractivity contribution in [1.82, 2.24) is 25.8 Å². The summed E-state index contributed by atoms with van der Waals surface area (Å²) in [5.74, 6) is 0.393. The zero-order valence-electron chi connectivity index (χ0n) is 16.0. The molecule has 0 spiro atoms. The van der Waals surface area contributed by atoms with E-state index in [1.54, 1.807) is 0 Å². The third kappa shape index (κ3) is 5.41. The van der Waals surface area contributed by atoms with Gasteiger partial charge in [-0.15, -0.1) is 0 Å². The van der Waals surface area contributed by atoms with E-state index in [2.05, 4.69) is 25.8 Å². The lowest BCUT2D eigenvalue weighted by Gasteiger charge is -2.27. The van der Waals surface area contributed by atoms with Gasteiger partial charge in [0, 0.05) is 26.2 Å². The molecule has 3 heterocycles. The second-order valence-electron chi connectivity index (χ2n) is 7.78. The molecule has 3 N–H and O–H groups in total. The molecule has 26 heavy (non-hydrogen) atoms. The Balaban J connectivity index is 1.55.